The quantitative estimate of drug-likeness (QED) is 0.0607. The SMILES string of the molecule is CC(NC=O)c1ccc(-c2cnccc2Cl)cc1.CCC1CN(c2nc(OC3CCOCC3)nc3c(OCc4ccc(-c5cn(C(C(=O)N6CCCC6C)C(C)C)nn5)cc4)c(-c4ccc(F)c5sc(N)c(C#N)c45)c(C(F)(F)F)cc23)CCN1. The smallest absolute Gasteiger partial charge is 0.417 e. The standard InChI is InChI=1S/C48H52F4N10O4S.C14H13ClN2O/c1-5-30-23-60(18-16-55-30)45-33-21-35(48(50,51)52)39(32-12-13-36(49)43-38(32)34(22-53)44(54)67-43)42(40(33)56-47(57-45)66-31-14-19-64-20-15-31)65-25-28-8-10-29(11-9-28)37-24-62(59-58-37)41(26(2)3)46(63)61-17-6-7-27(61)4;1-10(17-9-18)11-2-4-12(5-3-11)13-8-16-7-6-14(13)15/h8-13,21,24,26-27,30-31,41,55H,5-7,14-20,23,25,54H2,1-4H3;2-10H,1H3,(H,17,18). The minimum Gasteiger partial charge on any atom is -0.486 e. The molecule has 8 aromatic rings. The van der Waals surface area contributed by atoms with Crippen LogP contribution in [0.1, 0.15) is 101 Å². The van der Waals surface area contributed by atoms with Crippen molar-refractivity contribution in [3.63, 3.8) is 0 Å². The zero-order valence-electron chi connectivity index (χ0n) is 47.6. The lowest BCUT2D eigenvalue weighted by atomic mass is 9.92. The highest BCUT2D eigenvalue weighted by molar-refractivity contribution is 7.23. The van der Waals surface area contributed by atoms with Crippen molar-refractivity contribution in [2.45, 2.75) is 110 Å². The number of ether oxygens (including phenoxy) is 3. The third-order valence-electron chi connectivity index (χ3n) is 15.9. The third kappa shape index (κ3) is 13.0. The van der Waals surface area contributed by atoms with E-state index in [4.69, 9.17) is 41.5 Å². The molecule has 0 saturated carbocycles. The highest BCUT2D eigenvalue weighted by Gasteiger charge is 2.40. The predicted octanol–water partition coefficient (Wildman–Crippen LogP) is 12.1. The topological polar surface area (TPSA) is 212 Å². The summed E-state index contributed by atoms with van der Waals surface area (Å²) in [5.74, 6) is -0.767. The first-order valence-corrected chi connectivity index (χ1v) is 29.6. The molecule has 4 unspecified atom stereocenters. The summed E-state index contributed by atoms with van der Waals surface area (Å²) in [6.07, 6.45) is 4.39. The number of hydrogen-bond acceptors (Lipinski definition) is 15. The summed E-state index contributed by atoms with van der Waals surface area (Å²) in [7, 11) is 0. The van der Waals surface area contributed by atoms with Gasteiger partial charge in [-0.15, -0.1) is 16.4 Å². The number of nitrogens with two attached hydrogens (primary N) is 1. The number of nitrogens with one attached hydrogen (secondary N) is 2. The average Bonchev–Trinajstić information content (AvgIpc) is 1.78. The summed E-state index contributed by atoms with van der Waals surface area (Å²) in [6, 6.07) is 21.8. The molecule has 0 bridgehead atoms. The van der Waals surface area contributed by atoms with Gasteiger partial charge in [-0.3, -0.25) is 14.6 Å². The van der Waals surface area contributed by atoms with Gasteiger partial charge < -0.3 is 40.4 Å². The average molecular weight is 1200 g/mol. The summed E-state index contributed by atoms with van der Waals surface area (Å²) < 4.78 is 83.2. The molecule has 7 heterocycles. The number of halogens is 5. The van der Waals surface area contributed by atoms with E-state index in [-0.39, 0.29) is 97.4 Å². The van der Waals surface area contributed by atoms with Gasteiger partial charge in [-0.2, -0.15) is 28.4 Å². The molecule has 3 aliphatic rings. The molecule has 23 heteroatoms. The fourth-order valence-electron chi connectivity index (χ4n) is 11.2. The zero-order valence-corrected chi connectivity index (χ0v) is 49.2. The lowest BCUT2D eigenvalue weighted by molar-refractivity contribution is -0.137. The van der Waals surface area contributed by atoms with Crippen LogP contribution in [-0.2, 0) is 27.1 Å². The molecule has 0 radical (unpaired) electrons. The Morgan fingerprint density at radius 2 is 1.78 bits per heavy atom. The summed E-state index contributed by atoms with van der Waals surface area (Å²) in [4.78, 5) is 41.7. The van der Waals surface area contributed by atoms with Crippen LogP contribution in [0.2, 0.25) is 5.02 Å². The van der Waals surface area contributed by atoms with Gasteiger partial charge >= 0.3 is 12.2 Å². The maximum atomic E-state index is 15.8. The van der Waals surface area contributed by atoms with Gasteiger partial charge in [0, 0.05) is 91.0 Å². The lowest BCUT2D eigenvalue weighted by Gasteiger charge is -2.35. The second-order valence-corrected chi connectivity index (χ2v) is 23.3. The van der Waals surface area contributed by atoms with E-state index in [9.17, 15) is 14.9 Å². The first-order valence-electron chi connectivity index (χ1n) is 28.4. The van der Waals surface area contributed by atoms with Crippen molar-refractivity contribution >= 4 is 67.1 Å². The van der Waals surface area contributed by atoms with E-state index in [1.165, 1.54) is 6.07 Å². The Balaban J connectivity index is 0.000000380. The highest BCUT2D eigenvalue weighted by atomic mass is 35.5. The fourth-order valence-corrected chi connectivity index (χ4v) is 12.4. The number of carbonyl (C=O) groups is 2. The number of benzene rings is 4. The molecule has 85 heavy (non-hydrogen) atoms. The van der Waals surface area contributed by atoms with Crippen LogP contribution in [0, 0.1) is 23.1 Å². The number of alkyl halides is 3. The van der Waals surface area contributed by atoms with Crippen LogP contribution < -0.4 is 30.7 Å². The van der Waals surface area contributed by atoms with E-state index >= 15 is 17.6 Å². The Morgan fingerprint density at radius 1 is 1.02 bits per heavy atom. The molecule has 4 aromatic heterocycles. The van der Waals surface area contributed by atoms with Crippen LogP contribution in [0.3, 0.4) is 0 Å². The predicted molar refractivity (Wildman–Crippen MR) is 320 cm³/mol. The lowest BCUT2D eigenvalue weighted by Crippen LogP contribution is -2.50. The van der Waals surface area contributed by atoms with Crippen molar-refractivity contribution < 1.29 is 41.4 Å². The van der Waals surface area contributed by atoms with E-state index in [0.29, 0.717) is 80.5 Å². The molecule has 3 saturated heterocycles. The van der Waals surface area contributed by atoms with Gasteiger partial charge in [0.15, 0.2) is 5.75 Å². The molecule has 4 aromatic carbocycles. The molecular formula is C62H65ClF4N12O5S. The summed E-state index contributed by atoms with van der Waals surface area (Å²) >= 11 is 6.90. The van der Waals surface area contributed by atoms with E-state index in [1.807, 2.05) is 67.8 Å². The molecule has 0 spiro atoms. The second-order valence-electron chi connectivity index (χ2n) is 21.8. The third-order valence-corrected chi connectivity index (χ3v) is 17.2. The van der Waals surface area contributed by atoms with Gasteiger partial charge in [-0.25, -0.2) is 9.07 Å². The van der Waals surface area contributed by atoms with Crippen molar-refractivity contribution in [3.05, 3.63) is 124 Å². The molecule has 0 aliphatic carbocycles. The van der Waals surface area contributed by atoms with E-state index < -0.39 is 29.2 Å². The maximum absolute atomic E-state index is 15.8. The van der Waals surface area contributed by atoms with E-state index in [0.717, 1.165) is 59.4 Å². The second kappa shape index (κ2) is 26.1. The number of fused-ring (bicyclic) bond motifs is 2. The van der Waals surface area contributed by atoms with Crippen molar-refractivity contribution in [1.82, 2.24) is 45.5 Å². The van der Waals surface area contributed by atoms with Gasteiger partial charge in [0.25, 0.3) is 0 Å². The van der Waals surface area contributed by atoms with Crippen molar-refractivity contribution in [3.8, 4) is 51.3 Å². The highest BCUT2D eigenvalue weighted by Crippen LogP contribution is 2.52. The maximum Gasteiger partial charge on any atom is 0.417 e. The molecule has 4 N–H and O–H groups in total. The number of thiophene rings is 1. The van der Waals surface area contributed by atoms with Crippen molar-refractivity contribution in [2.24, 2.45) is 5.92 Å². The number of anilines is 2. The van der Waals surface area contributed by atoms with Crippen LogP contribution in [0.5, 0.6) is 11.8 Å². The fraction of sp³-hybridized carbons (Fsp3) is 0.387. The number of nitriles is 1. The largest absolute Gasteiger partial charge is 0.486 e. The molecule has 2 amide bonds. The number of hydrogen-bond donors (Lipinski definition) is 3. The summed E-state index contributed by atoms with van der Waals surface area (Å²) in [5.41, 5.74) is 9.30. The Morgan fingerprint density at radius 3 is 2.45 bits per heavy atom. The minimum atomic E-state index is -4.98. The number of pyridine rings is 1. The Hall–Kier alpha value is -7.97. The van der Waals surface area contributed by atoms with Gasteiger partial charge in [0.2, 0.25) is 12.3 Å². The normalized spacial score (nSPS) is 17.3. The number of likely N-dealkylation sites (tertiary alicyclic amines) is 1. The Kier molecular flexibility index (Phi) is 18.5. The molecule has 444 valence electrons. The molecule has 17 nitrogen and oxygen atoms in total. The number of piperazine rings is 1. The van der Waals surface area contributed by atoms with E-state index in [2.05, 4.69) is 32.9 Å². The zero-order chi connectivity index (χ0) is 60.1. The molecular weight excluding hydrogens is 1140 g/mol. The van der Waals surface area contributed by atoms with Crippen LogP contribution >= 0.6 is 22.9 Å². The molecule has 11 rings (SSSR count). The van der Waals surface area contributed by atoms with Crippen LogP contribution in [0.25, 0.3) is 54.5 Å². The number of nitrogens with zero attached hydrogens (tertiary/aromatic N) is 9. The minimum absolute atomic E-state index is 0.000852. The molecule has 3 fully saturated rings. The summed E-state index contributed by atoms with van der Waals surface area (Å²) in [6.45, 7) is 12.9. The van der Waals surface area contributed by atoms with Crippen LogP contribution in [0.15, 0.2) is 91.4 Å². The first kappa shape index (κ1) is 60.2. The van der Waals surface area contributed by atoms with Crippen LogP contribution in [0.4, 0.5) is 28.4 Å². The number of nitrogen functional groups attached to an aromatic ring is 1. The van der Waals surface area contributed by atoms with E-state index in [1.54, 1.807) is 53.6 Å². The van der Waals surface area contributed by atoms with Crippen LogP contribution in [-0.4, -0.2) is 105 Å². The van der Waals surface area contributed by atoms with Gasteiger partial charge in [0.05, 0.1) is 46.3 Å². The number of amides is 2. The number of rotatable bonds is 16. The number of aromatic nitrogens is 6. The van der Waals surface area contributed by atoms with Gasteiger partial charge in [-0.1, -0.05) is 92.2 Å². The summed E-state index contributed by atoms with van der Waals surface area (Å²) in [5, 5.41) is 25.9. The Bertz CT molecular complexity index is 3740. The van der Waals surface area contributed by atoms with Gasteiger partial charge in [0.1, 0.15) is 52.7 Å². The number of carbonyl (C=O) groups excluding carboxylic acids is 2. The van der Waals surface area contributed by atoms with Crippen molar-refractivity contribution in [2.75, 3.05) is 50.0 Å². The Labute approximate surface area is 498 Å². The molecule has 3 aliphatic heterocycles. The van der Waals surface area contributed by atoms with Crippen molar-refractivity contribution in [1.29, 1.82) is 5.26 Å². The monoisotopic (exact) mass is 1200 g/mol. The molecule has 4 atom stereocenters. The van der Waals surface area contributed by atoms with Gasteiger partial charge in [-0.05, 0) is 79.5 Å². The first-order chi connectivity index (χ1) is 41.0.